The number of hydrogen-bond donors (Lipinski definition) is 0. The highest BCUT2D eigenvalue weighted by Gasteiger charge is 2.54. The minimum atomic E-state index is -1.47. The lowest BCUT2D eigenvalue weighted by molar-refractivity contribution is 0.466. The first-order valence-electron chi connectivity index (χ1n) is 45.1. The number of nitrogens with zero attached hydrogens (tertiary/aromatic N) is 3. The van der Waals surface area contributed by atoms with Crippen LogP contribution in [0.1, 0.15) is 101 Å². The molecule has 522 valence electrons. The number of ether oxygens (including phenoxy) is 2. The lowest BCUT2D eigenvalue weighted by atomic mass is 9.29. The fourth-order valence-electron chi connectivity index (χ4n) is 16.7. The third-order valence-electron chi connectivity index (χ3n) is 22.1. The number of hydrogen-bond acceptors (Lipinski definition) is 5. The van der Waals surface area contributed by atoms with Crippen LogP contribution in [0.4, 0.5) is 51.2 Å². The van der Waals surface area contributed by atoms with Crippen molar-refractivity contribution in [3.05, 3.63) is 344 Å². The molecule has 0 saturated heterocycles. The van der Waals surface area contributed by atoms with E-state index < -0.39 is 107 Å². The van der Waals surface area contributed by atoms with E-state index in [1.807, 2.05) is 198 Å². The second kappa shape index (κ2) is 25.0. The Morgan fingerprint density at radius 2 is 0.716 bits per heavy atom. The van der Waals surface area contributed by atoms with Gasteiger partial charge in [-0.15, -0.1) is 0 Å². The third-order valence-corrected chi connectivity index (χ3v) is 22.1. The van der Waals surface area contributed by atoms with Crippen LogP contribution in [-0.2, 0) is 16.2 Å². The average Bonchev–Trinajstić information content (AvgIpc) is 0.655. The minimum absolute atomic E-state index is 0.0150. The Labute approximate surface area is 663 Å². The fourth-order valence-corrected chi connectivity index (χ4v) is 16.7. The van der Waals surface area contributed by atoms with Crippen molar-refractivity contribution in [1.29, 1.82) is 0 Å². The number of fused-ring (bicyclic) bond motifs is 5. The van der Waals surface area contributed by atoms with Crippen LogP contribution < -0.4 is 57.0 Å². The molecular weight excluding hydrogens is 1320 g/mol. The third kappa shape index (κ3) is 10.7. The highest BCUT2D eigenvalue weighted by atomic mass is 16.5. The first kappa shape index (κ1) is 50.8. The molecule has 0 saturated carbocycles. The molecule has 109 heavy (non-hydrogen) atoms. The van der Waals surface area contributed by atoms with E-state index in [4.69, 9.17) is 10.8 Å². The Balaban J connectivity index is 1.07. The molecular formula is C102H81B2N3O2. The van der Waals surface area contributed by atoms with E-state index in [-0.39, 0.29) is 109 Å². The molecule has 0 fully saturated rings. The van der Waals surface area contributed by atoms with Gasteiger partial charge >= 0.3 is 0 Å². The van der Waals surface area contributed by atoms with Crippen LogP contribution in [0.5, 0.6) is 23.0 Å². The second-order valence-electron chi connectivity index (χ2n) is 31.8. The number of benzene rings is 15. The van der Waals surface area contributed by atoms with Crippen LogP contribution in [0.25, 0.3) is 77.9 Å². The van der Waals surface area contributed by atoms with Crippen molar-refractivity contribution in [3.8, 4) is 101 Å². The number of para-hydroxylation sites is 1. The van der Waals surface area contributed by atoms with Crippen LogP contribution in [0.15, 0.2) is 327 Å². The lowest BCUT2D eigenvalue weighted by Crippen LogP contribution is -2.66. The van der Waals surface area contributed by atoms with Gasteiger partial charge in [-0.3, -0.25) is 0 Å². The maximum absolute atomic E-state index is 12.6. The van der Waals surface area contributed by atoms with Crippen LogP contribution in [0.3, 0.4) is 0 Å². The molecule has 5 aliphatic rings. The zero-order chi connectivity index (χ0) is 87.7. The maximum Gasteiger partial charge on any atom is 0.266 e. The molecule has 0 bridgehead atoms. The predicted octanol–water partition coefficient (Wildman–Crippen LogP) is 23.8. The first-order valence-corrected chi connectivity index (χ1v) is 37.1. The molecule has 0 N–H and O–H groups in total. The molecule has 7 heteroatoms. The zero-order valence-corrected chi connectivity index (χ0v) is 61.8. The summed E-state index contributed by atoms with van der Waals surface area (Å²) in [5.41, 5.74) is 10.7. The lowest BCUT2D eigenvalue weighted by Gasteiger charge is -2.49. The van der Waals surface area contributed by atoms with Gasteiger partial charge in [-0.05, 0) is 183 Å². The van der Waals surface area contributed by atoms with Gasteiger partial charge in [0.25, 0.3) is 13.4 Å². The van der Waals surface area contributed by atoms with E-state index in [2.05, 4.69) is 110 Å². The highest BCUT2D eigenvalue weighted by molar-refractivity contribution is 7.04. The van der Waals surface area contributed by atoms with Gasteiger partial charge in [0.2, 0.25) is 0 Å². The molecule has 5 nitrogen and oxygen atoms in total. The van der Waals surface area contributed by atoms with E-state index in [1.165, 1.54) is 0 Å². The van der Waals surface area contributed by atoms with E-state index in [1.54, 1.807) is 0 Å². The molecule has 20 rings (SSSR count). The minimum Gasteiger partial charge on any atom is -0.459 e. The van der Waals surface area contributed by atoms with Gasteiger partial charge in [-0.25, -0.2) is 0 Å². The molecule has 0 unspecified atom stereocenters. The van der Waals surface area contributed by atoms with Gasteiger partial charge in [-0.2, -0.15) is 0 Å². The molecule has 0 atom stereocenters. The Hall–Kier alpha value is -12.6. The Bertz CT molecular complexity index is 7030. The molecule has 0 aliphatic carbocycles. The summed E-state index contributed by atoms with van der Waals surface area (Å²) < 4.78 is 181. The van der Waals surface area contributed by atoms with Crippen molar-refractivity contribution in [2.75, 3.05) is 14.7 Å². The quantitative estimate of drug-likeness (QED) is 0.127. The molecule has 5 aliphatic heterocycles. The summed E-state index contributed by atoms with van der Waals surface area (Å²) >= 11 is 0. The summed E-state index contributed by atoms with van der Waals surface area (Å²) in [5, 5.41) is 0. The summed E-state index contributed by atoms with van der Waals surface area (Å²) in [6.07, 6.45) is 0. The van der Waals surface area contributed by atoms with E-state index >= 15 is 0 Å². The van der Waals surface area contributed by atoms with Gasteiger partial charge in [0.1, 0.15) is 23.0 Å². The summed E-state index contributed by atoms with van der Waals surface area (Å²) in [7, 11) is 0. The molecule has 0 aromatic heterocycles. The van der Waals surface area contributed by atoms with Crippen molar-refractivity contribution >= 4 is 97.4 Å². The second-order valence-corrected chi connectivity index (χ2v) is 31.8. The topological polar surface area (TPSA) is 28.2 Å². The van der Waals surface area contributed by atoms with E-state index in [0.717, 1.165) is 38.9 Å². The van der Waals surface area contributed by atoms with Crippen molar-refractivity contribution < 1.29 is 31.4 Å². The Kier molecular flexibility index (Phi) is 11.7. The smallest absolute Gasteiger partial charge is 0.266 e. The van der Waals surface area contributed by atoms with Crippen molar-refractivity contribution in [3.63, 3.8) is 0 Å². The van der Waals surface area contributed by atoms with Crippen LogP contribution in [0.2, 0.25) is 0 Å². The normalized spacial score (nSPS) is 15.5. The van der Waals surface area contributed by atoms with Crippen LogP contribution >= 0.6 is 0 Å². The summed E-state index contributed by atoms with van der Waals surface area (Å²) in [5.74, 6) is -0.421. The average molecular weight is 1420 g/mol. The summed E-state index contributed by atoms with van der Waals surface area (Å²) in [4.78, 5) is 5.97. The first-order chi connectivity index (χ1) is 59.7. The summed E-state index contributed by atoms with van der Waals surface area (Å²) in [6, 6.07) is 66.2. The standard InChI is InChI=1S/C102H81B2N3O2/c1-100(2,3)73-52-54-82(78(58-73)68-41-25-14-26-42-68)105-85-61-75(102(7,8)9)62-86-92(85)103(81-53-51-71(64-33-17-10-18-34-64)55-83(81)106(86)98-79(69-43-27-15-28-44-69)59-74(101(4,5)6)60-80(98)70-45-29-16-30-46-70)94-87(105)63-88-95-99(94)109-90-50-32-49-89-96(90)104(95)93-84(56-72(57-91(93)108-89)65-35-19-11-20-36-65)107(88)97-76(66-37-21-12-22-38-66)47-31-48-77(97)67-39-23-13-24-40-67/h10-63H,1-9H3/i10D,17D,18D,31D,32D,33D,34D,47D,48D,49D,50D,51D,53D,55D,57D,63D. The molecule has 0 radical (unpaired) electrons. The van der Waals surface area contributed by atoms with Crippen molar-refractivity contribution in [2.24, 2.45) is 0 Å². The monoisotopic (exact) mass is 1420 g/mol. The van der Waals surface area contributed by atoms with Crippen LogP contribution in [0, 0.1) is 0 Å². The van der Waals surface area contributed by atoms with Crippen molar-refractivity contribution in [2.45, 2.75) is 78.6 Å². The van der Waals surface area contributed by atoms with Crippen molar-refractivity contribution in [1.82, 2.24) is 0 Å². The molecule has 15 aromatic carbocycles. The molecule has 5 heterocycles. The van der Waals surface area contributed by atoms with E-state index in [9.17, 15) is 20.6 Å². The van der Waals surface area contributed by atoms with Gasteiger partial charge in [0.05, 0.1) is 39.0 Å². The number of rotatable bonds is 10. The Morgan fingerprint density at radius 3 is 1.28 bits per heavy atom. The summed E-state index contributed by atoms with van der Waals surface area (Å²) in [6.45, 7) is 16.5. The molecule has 15 aromatic rings. The van der Waals surface area contributed by atoms with Gasteiger partial charge in [0, 0.05) is 67.4 Å². The molecule has 0 amide bonds. The van der Waals surface area contributed by atoms with Gasteiger partial charge in [0.15, 0.2) is 0 Å². The van der Waals surface area contributed by atoms with E-state index in [0.29, 0.717) is 72.7 Å². The van der Waals surface area contributed by atoms with Crippen LogP contribution in [-0.4, -0.2) is 13.4 Å². The largest absolute Gasteiger partial charge is 0.459 e. The fraction of sp³-hybridized carbons (Fsp3) is 0.118. The maximum atomic E-state index is 12.6. The SMILES string of the molecule is [2H]c1c([2H])c([2H])c(-c2c([2H])c([2H])c3c(c2[2H])N(c2c(-c4ccccc4)cc(C(C)(C)C)cc2-c2ccccc2)c2cc(C(C)(C)C)cc4c2B3c2c3c5c(c([2H])c2N4c2ccc(C(C)(C)C)cc2-c2ccccc2)N(c2c(-c4ccccc4)c([2H])c([2H])c([2H])c2-c2ccccc2)c2cc(-c4ccccc4)c([2H])c4c2B5c2c(c([2H])c([2H])c([2H])c2O3)O4)c([2H])c1[2H]. The zero-order valence-electron chi connectivity index (χ0n) is 77.8. The predicted molar refractivity (Wildman–Crippen MR) is 461 cm³/mol. The highest BCUT2D eigenvalue weighted by Crippen LogP contribution is 2.58. The van der Waals surface area contributed by atoms with Gasteiger partial charge in [-0.1, -0.05) is 317 Å². The molecule has 0 spiro atoms. The Morgan fingerprint density at radius 1 is 0.266 bits per heavy atom. The number of anilines is 9. The van der Waals surface area contributed by atoms with Gasteiger partial charge < -0.3 is 24.2 Å².